The van der Waals surface area contributed by atoms with Gasteiger partial charge in [-0.2, -0.15) is 5.10 Å². The molecule has 6 heteroatoms. The van der Waals surface area contributed by atoms with Crippen molar-refractivity contribution in [2.75, 3.05) is 20.2 Å². The Bertz CT molecular complexity index is 787. The van der Waals surface area contributed by atoms with Crippen molar-refractivity contribution in [3.8, 4) is 0 Å². The number of likely N-dealkylation sites (tertiary alicyclic amines) is 1. The van der Waals surface area contributed by atoms with Crippen LogP contribution in [0.5, 0.6) is 0 Å². The van der Waals surface area contributed by atoms with Crippen LogP contribution in [0.15, 0.2) is 30.3 Å². The van der Waals surface area contributed by atoms with Crippen molar-refractivity contribution in [2.45, 2.75) is 33.2 Å². The van der Waals surface area contributed by atoms with Gasteiger partial charge in [0.25, 0.3) is 5.91 Å². The molecule has 0 bridgehead atoms. The lowest BCUT2D eigenvalue weighted by Gasteiger charge is -2.32. The maximum absolute atomic E-state index is 12.7. The molecule has 1 saturated heterocycles. The van der Waals surface area contributed by atoms with Crippen molar-refractivity contribution < 1.29 is 14.3 Å². The number of carbonyl (C=O) groups excluding carboxylic acids is 2. The second-order valence-electron chi connectivity index (χ2n) is 6.91. The van der Waals surface area contributed by atoms with Gasteiger partial charge < -0.3 is 9.64 Å². The Balaban J connectivity index is 1.56. The molecule has 0 atom stereocenters. The highest BCUT2D eigenvalue weighted by molar-refractivity contribution is 5.96. The molecule has 2 heterocycles. The van der Waals surface area contributed by atoms with Gasteiger partial charge >= 0.3 is 5.97 Å². The minimum Gasteiger partial charge on any atom is -0.465 e. The molecule has 138 valence electrons. The molecule has 0 radical (unpaired) electrons. The lowest BCUT2D eigenvalue weighted by Crippen LogP contribution is -2.39. The van der Waals surface area contributed by atoms with Gasteiger partial charge in [-0.1, -0.05) is 0 Å². The molecule has 26 heavy (non-hydrogen) atoms. The first-order valence-corrected chi connectivity index (χ1v) is 8.96. The molecule has 1 aliphatic rings. The Labute approximate surface area is 153 Å². The van der Waals surface area contributed by atoms with E-state index < -0.39 is 5.97 Å². The maximum atomic E-state index is 12.7. The third-order valence-corrected chi connectivity index (χ3v) is 4.99. The van der Waals surface area contributed by atoms with Crippen LogP contribution in [0.2, 0.25) is 0 Å². The Morgan fingerprint density at radius 3 is 2.27 bits per heavy atom. The minimum absolute atomic E-state index is 0.0194. The van der Waals surface area contributed by atoms with Crippen molar-refractivity contribution in [2.24, 2.45) is 5.92 Å². The zero-order valence-electron chi connectivity index (χ0n) is 15.6. The minimum atomic E-state index is -0.394. The molecule has 0 unspecified atom stereocenters. The van der Waals surface area contributed by atoms with Gasteiger partial charge in [-0.3, -0.25) is 9.48 Å². The summed E-state index contributed by atoms with van der Waals surface area (Å²) < 4.78 is 6.75. The smallest absolute Gasteiger partial charge is 0.337 e. The van der Waals surface area contributed by atoms with E-state index in [0.717, 1.165) is 38.2 Å². The Morgan fingerprint density at radius 1 is 1.12 bits per heavy atom. The zero-order valence-corrected chi connectivity index (χ0v) is 15.6. The topological polar surface area (TPSA) is 64.4 Å². The molecule has 1 amide bonds. The highest BCUT2D eigenvalue weighted by Crippen LogP contribution is 2.21. The summed E-state index contributed by atoms with van der Waals surface area (Å²) in [6, 6.07) is 8.74. The molecular formula is C20H25N3O3. The molecular weight excluding hydrogens is 330 g/mol. The van der Waals surface area contributed by atoms with Crippen LogP contribution in [0, 0.1) is 19.8 Å². The van der Waals surface area contributed by atoms with E-state index in [1.54, 1.807) is 24.3 Å². The fourth-order valence-electron chi connectivity index (χ4n) is 3.47. The molecule has 0 aliphatic carbocycles. The van der Waals surface area contributed by atoms with Crippen LogP contribution in [-0.2, 0) is 11.3 Å². The van der Waals surface area contributed by atoms with E-state index in [4.69, 9.17) is 0 Å². The van der Waals surface area contributed by atoms with Gasteiger partial charge in [0, 0.05) is 30.9 Å². The second-order valence-corrected chi connectivity index (χ2v) is 6.91. The molecule has 1 fully saturated rings. The van der Waals surface area contributed by atoms with Gasteiger partial charge in [0.15, 0.2) is 0 Å². The van der Waals surface area contributed by atoms with Crippen molar-refractivity contribution >= 4 is 11.9 Å². The van der Waals surface area contributed by atoms with Gasteiger partial charge in [-0.25, -0.2) is 4.79 Å². The Kier molecular flexibility index (Phi) is 5.40. The quantitative estimate of drug-likeness (QED) is 0.791. The van der Waals surface area contributed by atoms with Crippen LogP contribution in [0.1, 0.15) is 44.9 Å². The standard InChI is InChI=1S/C20H25N3O3/c1-14-12-15(2)23(21-14)13-16-8-10-22(11-9-16)19(24)17-4-6-18(7-5-17)20(25)26-3/h4-7,12,16H,8-11,13H2,1-3H3. The highest BCUT2D eigenvalue weighted by Gasteiger charge is 2.24. The number of amides is 1. The molecule has 2 aromatic rings. The number of hydrogen-bond donors (Lipinski definition) is 0. The summed E-state index contributed by atoms with van der Waals surface area (Å²) in [5.74, 6) is 0.165. The lowest BCUT2D eigenvalue weighted by atomic mass is 9.96. The van der Waals surface area contributed by atoms with Gasteiger partial charge in [0.2, 0.25) is 0 Å². The molecule has 0 spiro atoms. The number of rotatable bonds is 4. The van der Waals surface area contributed by atoms with Crippen LogP contribution in [-0.4, -0.2) is 46.8 Å². The number of piperidine rings is 1. The summed E-state index contributed by atoms with van der Waals surface area (Å²) in [4.78, 5) is 26.0. The first-order chi connectivity index (χ1) is 12.5. The number of aromatic nitrogens is 2. The van der Waals surface area contributed by atoms with Crippen LogP contribution in [0.25, 0.3) is 0 Å². The van der Waals surface area contributed by atoms with Gasteiger partial charge in [0.05, 0.1) is 18.4 Å². The number of carbonyl (C=O) groups is 2. The van der Waals surface area contributed by atoms with E-state index in [9.17, 15) is 9.59 Å². The summed E-state index contributed by atoms with van der Waals surface area (Å²) in [5.41, 5.74) is 3.29. The van der Waals surface area contributed by atoms with Gasteiger partial charge in [-0.15, -0.1) is 0 Å². The largest absolute Gasteiger partial charge is 0.465 e. The van der Waals surface area contributed by atoms with E-state index in [0.29, 0.717) is 17.0 Å². The first-order valence-electron chi connectivity index (χ1n) is 8.96. The summed E-state index contributed by atoms with van der Waals surface area (Å²) >= 11 is 0. The number of methoxy groups -OCH3 is 1. The van der Waals surface area contributed by atoms with Crippen molar-refractivity contribution in [3.05, 3.63) is 52.8 Å². The first kappa shape index (κ1) is 18.2. The molecule has 0 saturated carbocycles. The molecule has 1 aromatic heterocycles. The molecule has 1 aliphatic heterocycles. The predicted molar refractivity (Wildman–Crippen MR) is 98.1 cm³/mol. The van der Waals surface area contributed by atoms with Crippen LogP contribution < -0.4 is 0 Å². The van der Waals surface area contributed by atoms with E-state index in [1.807, 2.05) is 11.8 Å². The lowest BCUT2D eigenvalue weighted by molar-refractivity contribution is 0.0598. The van der Waals surface area contributed by atoms with E-state index in [2.05, 4.69) is 27.5 Å². The summed E-state index contributed by atoms with van der Waals surface area (Å²) in [5, 5.41) is 4.53. The molecule has 6 nitrogen and oxygen atoms in total. The number of ether oxygens (including phenoxy) is 1. The Hall–Kier alpha value is -2.63. The van der Waals surface area contributed by atoms with Gasteiger partial charge in [0.1, 0.15) is 0 Å². The average molecular weight is 355 g/mol. The van der Waals surface area contributed by atoms with Crippen molar-refractivity contribution in [1.29, 1.82) is 0 Å². The maximum Gasteiger partial charge on any atom is 0.337 e. The molecule has 0 N–H and O–H groups in total. The van der Waals surface area contributed by atoms with Crippen LogP contribution >= 0.6 is 0 Å². The van der Waals surface area contributed by atoms with Crippen LogP contribution in [0.4, 0.5) is 0 Å². The monoisotopic (exact) mass is 355 g/mol. The van der Waals surface area contributed by atoms with Crippen molar-refractivity contribution in [3.63, 3.8) is 0 Å². The predicted octanol–water partition coefficient (Wildman–Crippen LogP) is 2.84. The number of nitrogens with zero attached hydrogens (tertiary/aromatic N) is 3. The molecule has 1 aromatic carbocycles. The molecule has 3 rings (SSSR count). The Morgan fingerprint density at radius 2 is 1.73 bits per heavy atom. The van der Waals surface area contributed by atoms with E-state index in [-0.39, 0.29) is 5.91 Å². The fourth-order valence-corrected chi connectivity index (χ4v) is 3.47. The third-order valence-electron chi connectivity index (χ3n) is 4.99. The zero-order chi connectivity index (χ0) is 18.7. The van der Waals surface area contributed by atoms with E-state index in [1.165, 1.54) is 12.8 Å². The summed E-state index contributed by atoms with van der Waals surface area (Å²) in [6.07, 6.45) is 1.95. The third kappa shape index (κ3) is 3.95. The van der Waals surface area contributed by atoms with Crippen molar-refractivity contribution in [1.82, 2.24) is 14.7 Å². The normalized spacial score (nSPS) is 15.1. The number of benzene rings is 1. The number of esters is 1. The van der Waals surface area contributed by atoms with Crippen LogP contribution in [0.3, 0.4) is 0 Å². The number of aryl methyl sites for hydroxylation is 2. The SMILES string of the molecule is COC(=O)c1ccc(C(=O)N2CCC(Cn3nc(C)cc3C)CC2)cc1. The summed E-state index contributed by atoms with van der Waals surface area (Å²) in [6.45, 7) is 6.51. The van der Waals surface area contributed by atoms with E-state index >= 15 is 0 Å². The second kappa shape index (κ2) is 7.72. The highest BCUT2D eigenvalue weighted by atomic mass is 16.5. The fraction of sp³-hybridized carbons (Fsp3) is 0.450. The average Bonchev–Trinajstić information content (AvgIpc) is 2.98. The number of hydrogen-bond acceptors (Lipinski definition) is 4. The van der Waals surface area contributed by atoms with Gasteiger partial charge in [-0.05, 0) is 62.9 Å². The summed E-state index contributed by atoms with van der Waals surface area (Å²) in [7, 11) is 1.34.